The molecule has 1 aliphatic carbocycles. The minimum Gasteiger partial charge on any atom is -0.490 e. The number of nitrogens with zero attached hydrogens (tertiary/aromatic N) is 3. The fourth-order valence-corrected chi connectivity index (χ4v) is 3.23. The third-order valence-electron chi connectivity index (χ3n) is 5.33. The molecule has 0 spiro atoms. The van der Waals surface area contributed by atoms with Crippen LogP contribution in [0, 0.1) is 18.7 Å². The molecule has 7 heteroatoms. The summed E-state index contributed by atoms with van der Waals surface area (Å²) in [6.07, 6.45) is 8.25. The van der Waals surface area contributed by atoms with Crippen LogP contribution in [0.25, 0.3) is 0 Å². The first-order valence-corrected chi connectivity index (χ1v) is 11.0. The van der Waals surface area contributed by atoms with Gasteiger partial charge in [0, 0.05) is 32.0 Å². The van der Waals surface area contributed by atoms with Crippen LogP contribution >= 0.6 is 0 Å². The highest BCUT2D eigenvalue weighted by atomic mass is 19.1. The Hall–Kier alpha value is -2.57. The van der Waals surface area contributed by atoms with E-state index in [2.05, 4.69) is 25.2 Å². The molecule has 2 N–H and O–H groups in total. The van der Waals surface area contributed by atoms with Gasteiger partial charge in [0.05, 0.1) is 12.6 Å². The van der Waals surface area contributed by atoms with Gasteiger partial charge in [0.1, 0.15) is 5.82 Å². The Morgan fingerprint density at radius 1 is 1.37 bits per heavy atom. The first-order valence-electron chi connectivity index (χ1n) is 11.0. The third kappa shape index (κ3) is 6.75. The normalized spacial score (nSPS) is 15.1. The molecule has 0 radical (unpaired) electrons. The van der Waals surface area contributed by atoms with Crippen LogP contribution in [-0.2, 0) is 6.54 Å². The van der Waals surface area contributed by atoms with Crippen LogP contribution in [0.15, 0.2) is 35.6 Å². The Balaban J connectivity index is 1.48. The van der Waals surface area contributed by atoms with Crippen LogP contribution in [-0.4, -0.2) is 35.2 Å². The topological polar surface area (TPSA) is 63.5 Å². The standard InChI is InChI=1S/C23H34FN5O/c1-4-25-23(27-11-5-6-13-29-14-12-26-18(29)3)28-17(2)20-9-10-22(21(24)15-20)30-16-19-7-8-19/h9-10,12,14-15,17,19H,4-8,11,13,16H2,1-3H3,(H2,25,27,28). The molecule has 1 heterocycles. The summed E-state index contributed by atoms with van der Waals surface area (Å²) in [7, 11) is 0. The molecule has 1 aromatic carbocycles. The lowest BCUT2D eigenvalue weighted by atomic mass is 10.1. The van der Waals surface area contributed by atoms with E-state index in [1.54, 1.807) is 12.1 Å². The lowest BCUT2D eigenvalue weighted by Crippen LogP contribution is -2.38. The maximum Gasteiger partial charge on any atom is 0.191 e. The predicted octanol–water partition coefficient (Wildman–Crippen LogP) is 4.22. The van der Waals surface area contributed by atoms with Gasteiger partial charge in [0.15, 0.2) is 17.5 Å². The highest BCUT2D eigenvalue weighted by Gasteiger charge is 2.22. The second-order valence-corrected chi connectivity index (χ2v) is 7.95. The highest BCUT2D eigenvalue weighted by Crippen LogP contribution is 2.30. The SMILES string of the molecule is CCNC(=NCCCCn1ccnc1C)NC(C)c1ccc(OCC2CC2)c(F)c1. The molecule has 1 atom stereocenters. The number of hydrogen-bond acceptors (Lipinski definition) is 3. The van der Waals surface area contributed by atoms with Crippen molar-refractivity contribution in [1.82, 2.24) is 20.2 Å². The molecule has 0 bridgehead atoms. The summed E-state index contributed by atoms with van der Waals surface area (Å²) < 4.78 is 22.1. The molecule has 3 rings (SSSR count). The van der Waals surface area contributed by atoms with Crippen molar-refractivity contribution in [2.24, 2.45) is 10.9 Å². The molecule has 1 saturated carbocycles. The van der Waals surface area contributed by atoms with E-state index in [9.17, 15) is 4.39 Å². The predicted molar refractivity (Wildman–Crippen MR) is 118 cm³/mol. The van der Waals surface area contributed by atoms with Crippen LogP contribution in [0.2, 0.25) is 0 Å². The zero-order chi connectivity index (χ0) is 21.3. The third-order valence-corrected chi connectivity index (χ3v) is 5.33. The molecule has 30 heavy (non-hydrogen) atoms. The van der Waals surface area contributed by atoms with E-state index in [1.807, 2.05) is 39.2 Å². The van der Waals surface area contributed by atoms with Crippen LogP contribution in [0.4, 0.5) is 4.39 Å². The average molecular weight is 416 g/mol. The minimum atomic E-state index is -0.307. The Morgan fingerprint density at radius 3 is 2.87 bits per heavy atom. The number of aryl methyl sites for hydroxylation is 2. The van der Waals surface area contributed by atoms with E-state index in [4.69, 9.17) is 4.74 Å². The van der Waals surface area contributed by atoms with Crippen LogP contribution in [0.3, 0.4) is 0 Å². The Morgan fingerprint density at radius 2 is 2.20 bits per heavy atom. The van der Waals surface area contributed by atoms with Gasteiger partial charge >= 0.3 is 0 Å². The van der Waals surface area contributed by atoms with E-state index >= 15 is 0 Å². The largest absolute Gasteiger partial charge is 0.490 e. The van der Waals surface area contributed by atoms with E-state index < -0.39 is 0 Å². The summed E-state index contributed by atoms with van der Waals surface area (Å²) >= 11 is 0. The van der Waals surface area contributed by atoms with E-state index in [0.717, 1.165) is 49.8 Å². The monoisotopic (exact) mass is 415 g/mol. The zero-order valence-electron chi connectivity index (χ0n) is 18.3. The smallest absolute Gasteiger partial charge is 0.191 e. The molecule has 1 unspecified atom stereocenters. The van der Waals surface area contributed by atoms with Crippen molar-refractivity contribution in [3.05, 3.63) is 47.8 Å². The molecular weight excluding hydrogens is 381 g/mol. The van der Waals surface area contributed by atoms with Gasteiger partial charge < -0.3 is 19.9 Å². The fraction of sp³-hybridized carbons (Fsp3) is 0.565. The van der Waals surface area contributed by atoms with Gasteiger partial charge in [-0.3, -0.25) is 4.99 Å². The number of nitrogens with one attached hydrogen (secondary N) is 2. The minimum absolute atomic E-state index is 0.0663. The number of benzene rings is 1. The van der Waals surface area contributed by atoms with Crippen molar-refractivity contribution >= 4 is 5.96 Å². The molecule has 0 saturated heterocycles. The number of imidazole rings is 1. The Labute approximate surface area is 179 Å². The van der Waals surface area contributed by atoms with Gasteiger partial charge in [-0.2, -0.15) is 0 Å². The van der Waals surface area contributed by atoms with E-state index in [-0.39, 0.29) is 11.9 Å². The number of guanidine groups is 1. The quantitative estimate of drug-likeness (QED) is 0.328. The van der Waals surface area contributed by atoms with Crippen molar-refractivity contribution in [2.75, 3.05) is 19.7 Å². The first kappa shape index (κ1) is 22.1. The molecule has 0 amide bonds. The van der Waals surface area contributed by atoms with Crippen molar-refractivity contribution in [3.63, 3.8) is 0 Å². The fourth-order valence-electron chi connectivity index (χ4n) is 3.23. The number of unbranched alkanes of at least 4 members (excludes halogenated alkanes) is 1. The number of ether oxygens (including phenoxy) is 1. The van der Waals surface area contributed by atoms with Crippen LogP contribution in [0.1, 0.15) is 57.0 Å². The maximum absolute atomic E-state index is 14.4. The van der Waals surface area contributed by atoms with Gasteiger partial charge in [-0.05, 0) is 70.1 Å². The van der Waals surface area contributed by atoms with Crippen molar-refractivity contribution in [3.8, 4) is 5.75 Å². The summed E-state index contributed by atoms with van der Waals surface area (Å²) in [5.74, 6) is 2.43. The lowest BCUT2D eigenvalue weighted by molar-refractivity contribution is 0.285. The molecule has 6 nitrogen and oxygen atoms in total. The molecule has 1 aromatic heterocycles. The van der Waals surface area contributed by atoms with Gasteiger partial charge in [0.2, 0.25) is 0 Å². The van der Waals surface area contributed by atoms with Gasteiger partial charge in [-0.15, -0.1) is 0 Å². The van der Waals surface area contributed by atoms with Crippen LogP contribution < -0.4 is 15.4 Å². The summed E-state index contributed by atoms with van der Waals surface area (Å²) in [5.41, 5.74) is 0.868. The van der Waals surface area contributed by atoms with Gasteiger partial charge in [-0.25, -0.2) is 9.37 Å². The molecular formula is C23H34FN5O. The number of aliphatic imine (C=N–C) groups is 1. The lowest BCUT2D eigenvalue weighted by Gasteiger charge is -2.19. The van der Waals surface area contributed by atoms with E-state index in [0.29, 0.717) is 18.3 Å². The highest BCUT2D eigenvalue weighted by molar-refractivity contribution is 5.80. The van der Waals surface area contributed by atoms with Crippen LogP contribution in [0.5, 0.6) is 5.75 Å². The van der Waals surface area contributed by atoms with Gasteiger partial charge in [0.25, 0.3) is 0 Å². The maximum atomic E-state index is 14.4. The van der Waals surface area contributed by atoms with Crippen molar-refractivity contribution < 1.29 is 9.13 Å². The molecule has 1 aliphatic rings. The van der Waals surface area contributed by atoms with Crippen molar-refractivity contribution in [2.45, 2.75) is 59.0 Å². The molecule has 164 valence electrons. The molecule has 0 aliphatic heterocycles. The molecule has 1 fully saturated rings. The number of halogens is 1. The summed E-state index contributed by atoms with van der Waals surface area (Å²) in [5, 5.41) is 6.64. The zero-order valence-corrected chi connectivity index (χ0v) is 18.3. The average Bonchev–Trinajstić information content (AvgIpc) is 3.47. The summed E-state index contributed by atoms with van der Waals surface area (Å²) in [4.78, 5) is 8.91. The Bertz CT molecular complexity index is 831. The van der Waals surface area contributed by atoms with Crippen molar-refractivity contribution in [1.29, 1.82) is 0 Å². The second-order valence-electron chi connectivity index (χ2n) is 7.95. The van der Waals surface area contributed by atoms with Gasteiger partial charge in [-0.1, -0.05) is 6.07 Å². The summed E-state index contributed by atoms with van der Waals surface area (Å²) in [6, 6.07) is 5.13. The molecule has 2 aromatic rings. The second kappa shape index (κ2) is 11.0. The van der Waals surface area contributed by atoms with E-state index in [1.165, 1.54) is 12.8 Å². The summed E-state index contributed by atoms with van der Waals surface area (Å²) in [6.45, 7) is 9.13. The Kier molecular flexibility index (Phi) is 8.11. The first-order chi connectivity index (χ1) is 14.6. The number of hydrogen-bond donors (Lipinski definition) is 2. The number of aromatic nitrogens is 2. The number of rotatable bonds is 11.